The van der Waals surface area contributed by atoms with Crippen LogP contribution in [-0.4, -0.2) is 32.3 Å². The predicted molar refractivity (Wildman–Crippen MR) is 131 cm³/mol. The molecule has 0 saturated carbocycles. The highest BCUT2D eigenvalue weighted by Crippen LogP contribution is 2.28. The van der Waals surface area contributed by atoms with Crippen LogP contribution >= 0.6 is 0 Å². The van der Waals surface area contributed by atoms with Crippen molar-refractivity contribution in [1.82, 2.24) is 10.3 Å². The molecule has 4 aromatic rings. The quantitative estimate of drug-likeness (QED) is 0.309. The maximum Gasteiger partial charge on any atom is 0.123 e. The van der Waals surface area contributed by atoms with E-state index in [1.165, 1.54) is 12.1 Å². The number of hydrogen-bond acceptors (Lipinski definition) is 5. The lowest BCUT2D eigenvalue weighted by Gasteiger charge is -2.12. The zero-order valence-corrected chi connectivity index (χ0v) is 18.9. The van der Waals surface area contributed by atoms with E-state index >= 15 is 0 Å². The normalized spacial score (nSPS) is 10.9. The van der Waals surface area contributed by atoms with Gasteiger partial charge in [0.25, 0.3) is 0 Å². The first kappa shape index (κ1) is 22.6. The fourth-order valence-corrected chi connectivity index (χ4v) is 3.81. The lowest BCUT2D eigenvalue weighted by Crippen LogP contribution is -2.18. The van der Waals surface area contributed by atoms with E-state index in [1.807, 2.05) is 24.4 Å². The van der Waals surface area contributed by atoms with Crippen molar-refractivity contribution in [3.8, 4) is 22.6 Å². The van der Waals surface area contributed by atoms with Crippen molar-refractivity contribution < 1.29 is 13.9 Å². The fourth-order valence-electron chi connectivity index (χ4n) is 3.81. The standard InChI is InChI=1S/C27H28FN3O2/c1-32-23-8-4-19(5-9-23)20-6-10-24-25(12-15-31-26(24)17-20)30-14-3-13-29-18-21-16-22(28)7-11-27(21)33-2/h4-12,15-17,29H,3,13-14,18H2,1-2H3,(H,30,31). The lowest BCUT2D eigenvalue weighted by molar-refractivity contribution is 0.406. The van der Waals surface area contributed by atoms with Gasteiger partial charge in [-0.05, 0) is 66.6 Å². The summed E-state index contributed by atoms with van der Waals surface area (Å²) in [5.74, 6) is 1.28. The van der Waals surface area contributed by atoms with Crippen molar-refractivity contribution in [3.63, 3.8) is 0 Å². The summed E-state index contributed by atoms with van der Waals surface area (Å²) in [5, 5.41) is 7.95. The number of ether oxygens (including phenoxy) is 2. The maximum absolute atomic E-state index is 13.5. The van der Waals surface area contributed by atoms with Gasteiger partial charge >= 0.3 is 0 Å². The van der Waals surface area contributed by atoms with Crippen LogP contribution in [0.15, 0.2) is 72.9 Å². The molecule has 0 saturated heterocycles. The van der Waals surface area contributed by atoms with Gasteiger partial charge in [0.15, 0.2) is 0 Å². The number of pyridine rings is 1. The van der Waals surface area contributed by atoms with E-state index in [0.29, 0.717) is 12.3 Å². The van der Waals surface area contributed by atoms with Crippen LogP contribution in [0.5, 0.6) is 11.5 Å². The third-order valence-electron chi connectivity index (χ3n) is 5.57. The topological polar surface area (TPSA) is 55.4 Å². The van der Waals surface area contributed by atoms with Gasteiger partial charge in [0.1, 0.15) is 17.3 Å². The first-order valence-electron chi connectivity index (χ1n) is 11.0. The molecule has 1 aromatic heterocycles. The third-order valence-corrected chi connectivity index (χ3v) is 5.57. The van der Waals surface area contributed by atoms with Crippen molar-refractivity contribution in [3.05, 3.63) is 84.3 Å². The van der Waals surface area contributed by atoms with E-state index in [-0.39, 0.29) is 5.82 Å². The van der Waals surface area contributed by atoms with Gasteiger partial charge in [-0.3, -0.25) is 4.98 Å². The number of rotatable bonds is 10. The molecule has 0 aliphatic heterocycles. The number of benzene rings is 3. The minimum Gasteiger partial charge on any atom is -0.497 e. The van der Waals surface area contributed by atoms with Crippen LogP contribution in [0.1, 0.15) is 12.0 Å². The number of halogens is 1. The van der Waals surface area contributed by atoms with E-state index in [0.717, 1.165) is 58.5 Å². The Morgan fingerprint density at radius 3 is 2.45 bits per heavy atom. The lowest BCUT2D eigenvalue weighted by atomic mass is 10.0. The Bertz CT molecular complexity index is 1210. The van der Waals surface area contributed by atoms with Gasteiger partial charge < -0.3 is 20.1 Å². The first-order chi connectivity index (χ1) is 16.2. The van der Waals surface area contributed by atoms with Gasteiger partial charge in [-0.2, -0.15) is 0 Å². The molecular formula is C27H28FN3O2. The van der Waals surface area contributed by atoms with E-state index in [2.05, 4.69) is 45.9 Å². The summed E-state index contributed by atoms with van der Waals surface area (Å²) in [5.41, 5.74) is 5.07. The molecule has 3 aromatic carbocycles. The molecule has 0 amide bonds. The monoisotopic (exact) mass is 445 g/mol. The molecule has 0 unspecified atom stereocenters. The summed E-state index contributed by atoms with van der Waals surface area (Å²) in [6.45, 7) is 2.18. The van der Waals surface area contributed by atoms with Crippen LogP contribution in [0.4, 0.5) is 10.1 Å². The van der Waals surface area contributed by atoms with Gasteiger partial charge in [-0.1, -0.05) is 24.3 Å². The Morgan fingerprint density at radius 1 is 0.848 bits per heavy atom. The van der Waals surface area contributed by atoms with Crippen LogP contribution in [0.2, 0.25) is 0 Å². The van der Waals surface area contributed by atoms with Crippen LogP contribution < -0.4 is 20.1 Å². The summed E-state index contributed by atoms with van der Waals surface area (Å²) in [6, 6.07) is 20.9. The van der Waals surface area contributed by atoms with Crippen molar-refractivity contribution in [2.24, 2.45) is 0 Å². The molecule has 0 fully saturated rings. The van der Waals surface area contributed by atoms with Crippen LogP contribution in [-0.2, 0) is 6.54 Å². The number of methoxy groups -OCH3 is 2. The average molecular weight is 446 g/mol. The fraction of sp³-hybridized carbons (Fsp3) is 0.222. The number of fused-ring (bicyclic) bond motifs is 1. The van der Waals surface area contributed by atoms with E-state index < -0.39 is 0 Å². The molecule has 170 valence electrons. The van der Waals surface area contributed by atoms with Gasteiger partial charge in [0, 0.05) is 35.9 Å². The highest BCUT2D eigenvalue weighted by atomic mass is 19.1. The molecule has 0 aliphatic carbocycles. The average Bonchev–Trinajstić information content (AvgIpc) is 2.86. The third kappa shape index (κ3) is 5.59. The summed E-state index contributed by atoms with van der Waals surface area (Å²) >= 11 is 0. The van der Waals surface area contributed by atoms with Gasteiger partial charge in [0.2, 0.25) is 0 Å². The number of nitrogens with one attached hydrogen (secondary N) is 2. The molecule has 1 heterocycles. The molecule has 0 aliphatic rings. The van der Waals surface area contributed by atoms with Gasteiger partial charge in [-0.25, -0.2) is 4.39 Å². The number of hydrogen-bond donors (Lipinski definition) is 2. The summed E-state index contributed by atoms with van der Waals surface area (Å²) in [4.78, 5) is 4.56. The van der Waals surface area contributed by atoms with Crippen LogP contribution in [0, 0.1) is 5.82 Å². The highest BCUT2D eigenvalue weighted by Gasteiger charge is 2.06. The minimum absolute atomic E-state index is 0.256. The molecule has 0 spiro atoms. The van der Waals surface area contributed by atoms with E-state index in [4.69, 9.17) is 9.47 Å². The smallest absolute Gasteiger partial charge is 0.123 e. The first-order valence-corrected chi connectivity index (χ1v) is 11.0. The molecule has 6 heteroatoms. The second-order valence-electron chi connectivity index (χ2n) is 7.73. The molecule has 5 nitrogen and oxygen atoms in total. The Balaban J connectivity index is 1.33. The van der Waals surface area contributed by atoms with Crippen molar-refractivity contribution in [2.45, 2.75) is 13.0 Å². The summed E-state index contributed by atoms with van der Waals surface area (Å²) in [7, 11) is 3.26. The molecule has 0 bridgehead atoms. The largest absolute Gasteiger partial charge is 0.497 e. The van der Waals surface area contributed by atoms with Crippen molar-refractivity contribution in [2.75, 3.05) is 32.6 Å². The van der Waals surface area contributed by atoms with Crippen LogP contribution in [0.25, 0.3) is 22.0 Å². The highest BCUT2D eigenvalue weighted by molar-refractivity contribution is 5.93. The molecule has 0 atom stereocenters. The zero-order chi connectivity index (χ0) is 23.0. The number of aromatic nitrogens is 1. The van der Waals surface area contributed by atoms with E-state index in [9.17, 15) is 4.39 Å². The minimum atomic E-state index is -0.256. The van der Waals surface area contributed by atoms with Crippen molar-refractivity contribution >= 4 is 16.6 Å². The predicted octanol–water partition coefficient (Wildman–Crippen LogP) is 5.65. The maximum atomic E-state index is 13.5. The number of nitrogens with zero attached hydrogens (tertiary/aromatic N) is 1. The Morgan fingerprint density at radius 2 is 1.67 bits per heavy atom. The summed E-state index contributed by atoms with van der Waals surface area (Å²) in [6.07, 6.45) is 2.75. The van der Waals surface area contributed by atoms with E-state index in [1.54, 1.807) is 20.3 Å². The molecule has 4 rings (SSSR count). The number of anilines is 1. The van der Waals surface area contributed by atoms with Crippen LogP contribution in [0.3, 0.4) is 0 Å². The second-order valence-corrected chi connectivity index (χ2v) is 7.73. The van der Waals surface area contributed by atoms with Gasteiger partial charge in [-0.15, -0.1) is 0 Å². The molecule has 2 N–H and O–H groups in total. The molecule has 0 radical (unpaired) electrons. The van der Waals surface area contributed by atoms with Crippen molar-refractivity contribution in [1.29, 1.82) is 0 Å². The Hall–Kier alpha value is -3.64. The molecular weight excluding hydrogens is 417 g/mol. The summed E-state index contributed by atoms with van der Waals surface area (Å²) < 4.78 is 24.0. The second kappa shape index (κ2) is 10.8. The Kier molecular flexibility index (Phi) is 7.37. The van der Waals surface area contributed by atoms with Gasteiger partial charge in [0.05, 0.1) is 19.7 Å². The SMILES string of the molecule is COc1ccc(-c2ccc3c(NCCCNCc4cc(F)ccc4OC)ccnc3c2)cc1. The Labute approximate surface area is 193 Å². The molecule has 33 heavy (non-hydrogen) atoms. The zero-order valence-electron chi connectivity index (χ0n) is 18.9.